The number of rotatable bonds is 1. The van der Waals surface area contributed by atoms with Crippen LogP contribution in [0.5, 0.6) is 0 Å². The summed E-state index contributed by atoms with van der Waals surface area (Å²) in [6.45, 7) is 5.00. The number of fused-ring (bicyclic) bond motifs is 3. The maximum absolute atomic E-state index is 11.0. The van der Waals surface area contributed by atoms with Crippen molar-refractivity contribution in [1.82, 2.24) is 0 Å². The molecule has 21 heavy (non-hydrogen) atoms. The summed E-state index contributed by atoms with van der Waals surface area (Å²) in [5.74, 6) is 2.65. The van der Waals surface area contributed by atoms with Crippen molar-refractivity contribution in [1.29, 1.82) is 0 Å². The minimum atomic E-state index is -0.444. The molecular weight excluding hydrogens is 260 g/mol. The van der Waals surface area contributed by atoms with Gasteiger partial charge in [0.05, 0.1) is 5.60 Å². The van der Waals surface area contributed by atoms with Crippen LogP contribution in [0.15, 0.2) is 0 Å². The quantitative estimate of drug-likeness (QED) is 0.772. The molecule has 0 heterocycles. The highest BCUT2D eigenvalue weighted by molar-refractivity contribution is 5.13. The topological polar surface area (TPSA) is 40.5 Å². The van der Waals surface area contributed by atoms with Gasteiger partial charge in [-0.15, -0.1) is 0 Å². The van der Waals surface area contributed by atoms with Crippen LogP contribution < -0.4 is 0 Å². The normalized spacial score (nSPS) is 59.4. The highest BCUT2D eigenvalue weighted by Crippen LogP contribution is 2.71. The predicted octanol–water partition coefficient (Wildman–Crippen LogP) is 3.75. The van der Waals surface area contributed by atoms with Gasteiger partial charge in [0.25, 0.3) is 0 Å². The summed E-state index contributed by atoms with van der Waals surface area (Å²) in [4.78, 5) is 0. The average molecular weight is 292 g/mol. The smallest absolute Gasteiger partial charge is 0.0653 e. The summed E-state index contributed by atoms with van der Waals surface area (Å²) in [6, 6.07) is 0. The van der Waals surface area contributed by atoms with Crippen molar-refractivity contribution in [2.45, 2.75) is 77.2 Å². The Hall–Kier alpha value is -0.0800. The van der Waals surface area contributed by atoms with Gasteiger partial charge in [0.15, 0.2) is 0 Å². The Bertz CT molecular complexity index is 431. The second kappa shape index (κ2) is 4.47. The van der Waals surface area contributed by atoms with Crippen LogP contribution in [0.3, 0.4) is 0 Å². The van der Waals surface area contributed by atoms with Crippen molar-refractivity contribution >= 4 is 0 Å². The third-order valence-electron chi connectivity index (χ3n) is 8.48. The molecule has 0 radical (unpaired) electrons. The summed E-state index contributed by atoms with van der Waals surface area (Å²) in [7, 11) is 0. The van der Waals surface area contributed by atoms with E-state index in [-0.39, 0.29) is 0 Å². The van der Waals surface area contributed by atoms with Crippen molar-refractivity contribution in [3.63, 3.8) is 0 Å². The van der Waals surface area contributed by atoms with Gasteiger partial charge < -0.3 is 10.2 Å². The molecule has 120 valence electrons. The maximum atomic E-state index is 11.0. The lowest BCUT2D eigenvalue weighted by molar-refractivity contribution is -0.180. The molecule has 4 fully saturated rings. The average Bonchev–Trinajstić information content (AvgIpc) is 2.68. The van der Waals surface area contributed by atoms with Crippen LogP contribution in [0.25, 0.3) is 0 Å². The molecule has 0 amide bonds. The Balaban J connectivity index is 1.70. The molecule has 0 saturated heterocycles. The zero-order chi connectivity index (χ0) is 14.9. The van der Waals surface area contributed by atoms with Gasteiger partial charge >= 0.3 is 0 Å². The molecule has 2 heteroatoms. The van der Waals surface area contributed by atoms with Crippen molar-refractivity contribution in [3.05, 3.63) is 0 Å². The molecule has 1 spiro atoms. The first-order valence-corrected chi connectivity index (χ1v) is 9.25. The Morgan fingerprint density at radius 3 is 2.52 bits per heavy atom. The highest BCUT2D eigenvalue weighted by atomic mass is 16.3. The lowest BCUT2D eigenvalue weighted by Crippen LogP contribution is -2.58. The molecule has 4 aliphatic carbocycles. The monoisotopic (exact) mass is 292 g/mol. The molecule has 0 unspecified atom stereocenters. The van der Waals surface area contributed by atoms with E-state index in [0.717, 1.165) is 18.3 Å². The van der Waals surface area contributed by atoms with Crippen LogP contribution in [0.4, 0.5) is 0 Å². The molecule has 0 aromatic carbocycles. The minimum absolute atomic E-state index is 0.343. The van der Waals surface area contributed by atoms with E-state index in [9.17, 15) is 10.2 Å². The summed E-state index contributed by atoms with van der Waals surface area (Å²) in [5.41, 5.74) is 0.407. The third-order valence-corrected chi connectivity index (χ3v) is 8.48. The number of aliphatic hydroxyl groups is 2. The first-order chi connectivity index (χ1) is 9.91. The van der Waals surface area contributed by atoms with Crippen LogP contribution in [0.2, 0.25) is 0 Å². The van der Waals surface area contributed by atoms with Gasteiger partial charge in [0, 0.05) is 6.61 Å². The van der Waals surface area contributed by atoms with Gasteiger partial charge in [-0.25, -0.2) is 0 Å². The second-order valence-corrected chi connectivity index (χ2v) is 9.41. The second-order valence-electron chi connectivity index (χ2n) is 9.41. The standard InChI is InChI=1S/C19H32O2/c1-17-7-3-8-18(2,21)15(17)6-9-19-10-13(4-5-16(17)19)14(11-19)12-20/h13-16,20-21H,3-12H2,1-2H3/t13-,14-,15+,16+,17-,18-,19+/m0/s1. The van der Waals surface area contributed by atoms with E-state index in [4.69, 9.17) is 0 Å². The van der Waals surface area contributed by atoms with E-state index >= 15 is 0 Å². The number of hydrogen-bond acceptors (Lipinski definition) is 2. The van der Waals surface area contributed by atoms with E-state index in [1.54, 1.807) is 0 Å². The van der Waals surface area contributed by atoms with Crippen LogP contribution in [0.1, 0.15) is 71.6 Å². The molecule has 2 bridgehead atoms. The molecular formula is C19H32O2. The molecule has 4 saturated carbocycles. The van der Waals surface area contributed by atoms with E-state index in [0.29, 0.717) is 29.3 Å². The molecule has 7 atom stereocenters. The fourth-order valence-corrected chi connectivity index (χ4v) is 7.77. The van der Waals surface area contributed by atoms with Crippen LogP contribution in [-0.4, -0.2) is 22.4 Å². The van der Waals surface area contributed by atoms with Gasteiger partial charge in [0.1, 0.15) is 0 Å². The van der Waals surface area contributed by atoms with Crippen molar-refractivity contribution in [2.75, 3.05) is 6.61 Å². The molecule has 2 N–H and O–H groups in total. The SMILES string of the molecule is C[C@]12CCC[C@](C)(O)[C@@H]1CC[C@@]13C[C@@H](CO)[C@@H](CC[C@@H]12)C3. The fourth-order valence-electron chi connectivity index (χ4n) is 7.77. The van der Waals surface area contributed by atoms with Crippen LogP contribution in [-0.2, 0) is 0 Å². The molecule has 4 aliphatic rings. The summed E-state index contributed by atoms with van der Waals surface area (Å²) in [5, 5.41) is 20.7. The van der Waals surface area contributed by atoms with Gasteiger partial charge in [-0.2, -0.15) is 0 Å². The Kier molecular flexibility index (Phi) is 3.09. The van der Waals surface area contributed by atoms with Gasteiger partial charge in [-0.1, -0.05) is 13.3 Å². The number of hydrogen-bond donors (Lipinski definition) is 2. The van der Waals surface area contributed by atoms with Crippen molar-refractivity contribution < 1.29 is 10.2 Å². The Morgan fingerprint density at radius 2 is 1.76 bits per heavy atom. The van der Waals surface area contributed by atoms with Crippen LogP contribution in [0, 0.1) is 34.5 Å². The summed E-state index contributed by atoms with van der Waals surface area (Å²) in [6.07, 6.45) is 11.3. The Morgan fingerprint density at radius 1 is 0.952 bits per heavy atom. The van der Waals surface area contributed by atoms with E-state index in [2.05, 4.69) is 13.8 Å². The zero-order valence-electron chi connectivity index (χ0n) is 13.8. The lowest BCUT2D eigenvalue weighted by Gasteiger charge is -2.63. The van der Waals surface area contributed by atoms with Gasteiger partial charge in [0.2, 0.25) is 0 Å². The highest BCUT2D eigenvalue weighted by Gasteiger charge is 2.64. The number of aliphatic hydroxyl groups excluding tert-OH is 1. The Labute approximate surface area is 129 Å². The first-order valence-electron chi connectivity index (χ1n) is 9.25. The van der Waals surface area contributed by atoms with E-state index in [1.165, 1.54) is 51.4 Å². The van der Waals surface area contributed by atoms with Crippen molar-refractivity contribution in [2.24, 2.45) is 34.5 Å². The van der Waals surface area contributed by atoms with E-state index < -0.39 is 5.60 Å². The molecule has 4 rings (SSSR count). The summed E-state index contributed by atoms with van der Waals surface area (Å²) < 4.78 is 0. The zero-order valence-corrected chi connectivity index (χ0v) is 13.8. The molecule has 2 nitrogen and oxygen atoms in total. The largest absolute Gasteiger partial charge is 0.396 e. The minimum Gasteiger partial charge on any atom is -0.396 e. The van der Waals surface area contributed by atoms with E-state index in [1.807, 2.05) is 0 Å². The van der Waals surface area contributed by atoms with Crippen LogP contribution >= 0.6 is 0 Å². The van der Waals surface area contributed by atoms with Gasteiger partial charge in [-0.3, -0.25) is 0 Å². The van der Waals surface area contributed by atoms with Gasteiger partial charge in [-0.05, 0) is 92.8 Å². The lowest BCUT2D eigenvalue weighted by atomic mass is 9.43. The van der Waals surface area contributed by atoms with Crippen molar-refractivity contribution in [3.8, 4) is 0 Å². The fraction of sp³-hybridized carbons (Fsp3) is 1.00. The predicted molar refractivity (Wildman–Crippen MR) is 83.8 cm³/mol. The third kappa shape index (κ3) is 1.84. The summed E-state index contributed by atoms with van der Waals surface area (Å²) >= 11 is 0. The molecule has 0 aliphatic heterocycles. The first kappa shape index (κ1) is 14.5. The maximum Gasteiger partial charge on any atom is 0.0653 e. The molecule has 0 aromatic rings. The molecule has 0 aromatic heterocycles.